The fourth-order valence-corrected chi connectivity index (χ4v) is 2.67. The van der Waals surface area contributed by atoms with E-state index in [4.69, 9.17) is 4.74 Å². The van der Waals surface area contributed by atoms with Crippen LogP contribution >= 0.6 is 0 Å². The van der Waals surface area contributed by atoms with E-state index < -0.39 is 5.97 Å². The molecule has 0 spiro atoms. The Bertz CT molecular complexity index is 603. The van der Waals surface area contributed by atoms with Gasteiger partial charge in [-0.1, -0.05) is 37.3 Å². The molecule has 2 unspecified atom stereocenters. The zero-order valence-corrected chi connectivity index (χ0v) is 14.9. The molecule has 1 aliphatic carbocycles. The van der Waals surface area contributed by atoms with E-state index in [1.807, 2.05) is 37.3 Å². The molecule has 1 aliphatic rings. The van der Waals surface area contributed by atoms with Gasteiger partial charge in [-0.3, -0.25) is 14.4 Å². The second kappa shape index (κ2) is 9.20. The SMILES string of the molecule is CCOC(=O)CN(Cc1ccccc1)C(=O)CCNC(=O)C1CC1C. The first-order valence-electron chi connectivity index (χ1n) is 8.76. The second-order valence-electron chi connectivity index (χ2n) is 6.40. The smallest absolute Gasteiger partial charge is 0.325 e. The molecule has 0 aromatic heterocycles. The second-order valence-corrected chi connectivity index (χ2v) is 6.40. The molecule has 0 radical (unpaired) electrons. The maximum atomic E-state index is 12.5. The number of hydrogen-bond donors (Lipinski definition) is 1. The topological polar surface area (TPSA) is 75.7 Å². The monoisotopic (exact) mass is 346 g/mol. The van der Waals surface area contributed by atoms with Crippen LogP contribution < -0.4 is 5.32 Å². The Morgan fingerprint density at radius 1 is 1.24 bits per heavy atom. The van der Waals surface area contributed by atoms with Crippen molar-refractivity contribution in [2.75, 3.05) is 19.7 Å². The van der Waals surface area contributed by atoms with Crippen molar-refractivity contribution >= 4 is 17.8 Å². The third kappa shape index (κ3) is 6.21. The number of carbonyl (C=O) groups is 3. The Morgan fingerprint density at radius 2 is 1.92 bits per heavy atom. The largest absolute Gasteiger partial charge is 0.465 e. The Balaban J connectivity index is 1.87. The van der Waals surface area contributed by atoms with E-state index in [1.54, 1.807) is 6.92 Å². The van der Waals surface area contributed by atoms with Gasteiger partial charge in [-0.25, -0.2) is 0 Å². The quantitative estimate of drug-likeness (QED) is 0.691. The molecule has 1 aromatic carbocycles. The van der Waals surface area contributed by atoms with Gasteiger partial charge < -0.3 is 15.0 Å². The van der Waals surface area contributed by atoms with Gasteiger partial charge in [0.25, 0.3) is 0 Å². The lowest BCUT2D eigenvalue weighted by atomic mass is 10.2. The molecular formula is C19H26N2O4. The number of rotatable bonds is 9. The summed E-state index contributed by atoms with van der Waals surface area (Å²) in [6.45, 7) is 4.59. The molecule has 2 rings (SSSR count). The summed E-state index contributed by atoms with van der Waals surface area (Å²) in [6, 6.07) is 9.48. The van der Waals surface area contributed by atoms with E-state index >= 15 is 0 Å². The van der Waals surface area contributed by atoms with Gasteiger partial charge in [-0.15, -0.1) is 0 Å². The van der Waals surface area contributed by atoms with E-state index in [0.29, 0.717) is 12.5 Å². The van der Waals surface area contributed by atoms with Crippen molar-refractivity contribution in [3.05, 3.63) is 35.9 Å². The average molecular weight is 346 g/mol. The Hall–Kier alpha value is -2.37. The summed E-state index contributed by atoms with van der Waals surface area (Å²) in [4.78, 5) is 37.5. The van der Waals surface area contributed by atoms with Crippen LogP contribution in [-0.2, 0) is 25.7 Å². The van der Waals surface area contributed by atoms with Crippen LogP contribution in [0.25, 0.3) is 0 Å². The fraction of sp³-hybridized carbons (Fsp3) is 0.526. The minimum absolute atomic E-state index is 0.0142. The van der Waals surface area contributed by atoms with Crippen LogP contribution in [0.2, 0.25) is 0 Å². The first-order chi connectivity index (χ1) is 12.0. The summed E-state index contributed by atoms with van der Waals surface area (Å²) in [5, 5.41) is 2.80. The summed E-state index contributed by atoms with van der Waals surface area (Å²) < 4.78 is 4.95. The zero-order chi connectivity index (χ0) is 18.2. The van der Waals surface area contributed by atoms with Crippen LogP contribution in [0.5, 0.6) is 0 Å². The highest BCUT2D eigenvalue weighted by Gasteiger charge is 2.38. The van der Waals surface area contributed by atoms with Gasteiger partial charge in [0.2, 0.25) is 11.8 Å². The summed E-state index contributed by atoms with van der Waals surface area (Å²) in [6.07, 6.45) is 1.09. The molecule has 136 valence electrons. The van der Waals surface area contributed by atoms with Crippen molar-refractivity contribution in [2.45, 2.75) is 33.2 Å². The number of esters is 1. The third-order valence-electron chi connectivity index (χ3n) is 4.28. The lowest BCUT2D eigenvalue weighted by Crippen LogP contribution is -2.38. The van der Waals surface area contributed by atoms with Gasteiger partial charge in [-0.2, -0.15) is 0 Å². The number of hydrogen-bond acceptors (Lipinski definition) is 4. The number of amides is 2. The van der Waals surface area contributed by atoms with Crippen molar-refractivity contribution < 1.29 is 19.1 Å². The molecular weight excluding hydrogens is 320 g/mol. The number of ether oxygens (including phenoxy) is 1. The van der Waals surface area contributed by atoms with Crippen molar-refractivity contribution in [1.82, 2.24) is 10.2 Å². The standard InChI is InChI=1S/C19H26N2O4/c1-3-25-18(23)13-21(12-15-7-5-4-6-8-15)17(22)9-10-20-19(24)16-11-14(16)2/h4-8,14,16H,3,9-13H2,1-2H3,(H,20,24). The Kier molecular flexibility index (Phi) is 6.98. The number of benzene rings is 1. The molecule has 0 aliphatic heterocycles. The average Bonchev–Trinajstić information content (AvgIpc) is 3.32. The first kappa shape index (κ1) is 19.0. The predicted octanol–water partition coefficient (Wildman–Crippen LogP) is 1.74. The van der Waals surface area contributed by atoms with Crippen LogP contribution in [0.3, 0.4) is 0 Å². The summed E-state index contributed by atoms with van der Waals surface area (Å²) >= 11 is 0. The van der Waals surface area contributed by atoms with E-state index in [-0.39, 0.29) is 43.8 Å². The van der Waals surface area contributed by atoms with Crippen molar-refractivity contribution in [1.29, 1.82) is 0 Å². The fourth-order valence-electron chi connectivity index (χ4n) is 2.67. The molecule has 6 nitrogen and oxygen atoms in total. The predicted molar refractivity (Wildman–Crippen MR) is 93.4 cm³/mol. The molecule has 0 saturated heterocycles. The summed E-state index contributed by atoms with van der Waals surface area (Å²) in [5.74, 6) is -0.0619. The van der Waals surface area contributed by atoms with E-state index in [1.165, 1.54) is 4.90 Å². The highest BCUT2D eigenvalue weighted by Crippen LogP contribution is 2.37. The zero-order valence-electron chi connectivity index (χ0n) is 14.9. The minimum Gasteiger partial charge on any atom is -0.465 e. The molecule has 6 heteroatoms. The van der Waals surface area contributed by atoms with Gasteiger partial charge in [0, 0.05) is 25.4 Å². The van der Waals surface area contributed by atoms with Crippen LogP contribution in [-0.4, -0.2) is 42.4 Å². The minimum atomic E-state index is -0.428. The lowest BCUT2D eigenvalue weighted by molar-refractivity contribution is -0.149. The van der Waals surface area contributed by atoms with Crippen molar-refractivity contribution in [2.24, 2.45) is 11.8 Å². The van der Waals surface area contributed by atoms with Gasteiger partial charge in [0.05, 0.1) is 6.61 Å². The molecule has 25 heavy (non-hydrogen) atoms. The van der Waals surface area contributed by atoms with Crippen LogP contribution in [0, 0.1) is 11.8 Å². The molecule has 0 bridgehead atoms. The molecule has 2 atom stereocenters. The van der Waals surface area contributed by atoms with Crippen LogP contribution in [0.15, 0.2) is 30.3 Å². The summed E-state index contributed by atoms with van der Waals surface area (Å²) in [5.41, 5.74) is 0.941. The maximum Gasteiger partial charge on any atom is 0.325 e. The molecule has 1 saturated carbocycles. The van der Waals surface area contributed by atoms with E-state index in [9.17, 15) is 14.4 Å². The molecule has 1 aromatic rings. The Morgan fingerprint density at radius 3 is 2.52 bits per heavy atom. The number of nitrogens with zero attached hydrogens (tertiary/aromatic N) is 1. The van der Waals surface area contributed by atoms with Crippen molar-refractivity contribution in [3.8, 4) is 0 Å². The molecule has 1 fully saturated rings. The summed E-state index contributed by atoms with van der Waals surface area (Å²) in [7, 11) is 0. The van der Waals surface area contributed by atoms with Crippen LogP contribution in [0.1, 0.15) is 32.3 Å². The van der Waals surface area contributed by atoms with Crippen molar-refractivity contribution in [3.63, 3.8) is 0 Å². The lowest BCUT2D eigenvalue weighted by Gasteiger charge is -2.22. The highest BCUT2D eigenvalue weighted by atomic mass is 16.5. The maximum absolute atomic E-state index is 12.5. The third-order valence-corrected chi connectivity index (χ3v) is 4.28. The van der Waals surface area contributed by atoms with Gasteiger partial charge in [-0.05, 0) is 24.8 Å². The molecule has 1 N–H and O–H groups in total. The highest BCUT2D eigenvalue weighted by molar-refractivity contribution is 5.84. The number of nitrogens with one attached hydrogen (secondary N) is 1. The molecule has 0 heterocycles. The van der Waals surface area contributed by atoms with E-state index in [0.717, 1.165) is 12.0 Å². The Labute approximate surface area is 148 Å². The van der Waals surface area contributed by atoms with Gasteiger partial charge in [0.1, 0.15) is 6.54 Å². The molecule has 2 amide bonds. The first-order valence-corrected chi connectivity index (χ1v) is 8.76. The number of carbonyl (C=O) groups excluding carboxylic acids is 3. The van der Waals surface area contributed by atoms with Gasteiger partial charge in [0.15, 0.2) is 0 Å². The normalized spacial score (nSPS) is 18.3. The van der Waals surface area contributed by atoms with Gasteiger partial charge >= 0.3 is 5.97 Å². The van der Waals surface area contributed by atoms with E-state index in [2.05, 4.69) is 5.32 Å². The van der Waals surface area contributed by atoms with Crippen LogP contribution in [0.4, 0.5) is 0 Å².